The zero-order chi connectivity index (χ0) is 26.5. The molecule has 0 bridgehead atoms. The molecule has 0 unspecified atom stereocenters. The molecule has 2 aromatic carbocycles. The van der Waals surface area contributed by atoms with Gasteiger partial charge in [0, 0.05) is 31.3 Å². The van der Waals surface area contributed by atoms with Crippen LogP contribution >= 0.6 is 0 Å². The highest BCUT2D eigenvalue weighted by Crippen LogP contribution is 2.35. The molecule has 0 heterocycles. The summed E-state index contributed by atoms with van der Waals surface area (Å²) in [5, 5.41) is 12.8. The Kier molecular flexibility index (Phi) is 8.41. The molecule has 0 radical (unpaired) electrons. The number of benzene rings is 2. The monoisotopic (exact) mass is 500 g/mol. The van der Waals surface area contributed by atoms with Gasteiger partial charge < -0.3 is 14.8 Å². The number of aliphatic imine (C=N–C) groups is 2. The number of amidine groups is 1. The van der Waals surface area contributed by atoms with Crippen molar-refractivity contribution in [1.82, 2.24) is 5.32 Å². The number of nitrogens with one attached hydrogen (secondary N) is 1. The van der Waals surface area contributed by atoms with Crippen LogP contribution in [-0.4, -0.2) is 38.4 Å². The SMILES string of the molecule is C/C=N/c1cc(C#N)c(OCCOC2CC2)cc1/C(=N\C)NC(C)(C)c1cccc(C(C)(F)F)c1F. The zero-order valence-corrected chi connectivity index (χ0v) is 21.2. The molecular formula is C27H31F3N4O2. The highest BCUT2D eigenvalue weighted by Gasteiger charge is 2.34. The summed E-state index contributed by atoms with van der Waals surface area (Å²) in [6.45, 7) is 6.42. The highest BCUT2D eigenvalue weighted by molar-refractivity contribution is 6.04. The standard InChI is InChI=1S/C27H31F3N4O2/c1-6-33-22-14-17(16-31)23(36-13-12-35-18-10-11-18)15-19(22)25(32-5)34-26(2,3)20-8-7-9-21(24(20)28)27(4,29)30/h6-9,14-15,18H,10-13H2,1-5H3,(H,32,34)/b33-6+. The third kappa shape index (κ3) is 6.43. The zero-order valence-electron chi connectivity index (χ0n) is 21.2. The van der Waals surface area contributed by atoms with Gasteiger partial charge in [0.2, 0.25) is 0 Å². The molecule has 0 aliphatic heterocycles. The predicted octanol–water partition coefficient (Wildman–Crippen LogP) is 5.99. The van der Waals surface area contributed by atoms with Crippen LogP contribution in [0.5, 0.6) is 5.75 Å². The molecule has 1 aliphatic rings. The Hall–Kier alpha value is -3.38. The van der Waals surface area contributed by atoms with E-state index in [2.05, 4.69) is 21.4 Å². The molecule has 6 nitrogen and oxygen atoms in total. The topological polar surface area (TPSA) is 79.0 Å². The Morgan fingerprint density at radius 1 is 1.19 bits per heavy atom. The van der Waals surface area contributed by atoms with Gasteiger partial charge in [0.05, 0.1) is 35.1 Å². The van der Waals surface area contributed by atoms with Crippen LogP contribution in [0.2, 0.25) is 0 Å². The first kappa shape index (κ1) is 27.2. The average molecular weight is 501 g/mol. The maximum absolute atomic E-state index is 15.2. The lowest BCUT2D eigenvalue weighted by Crippen LogP contribution is -2.42. The molecule has 36 heavy (non-hydrogen) atoms. The average Bonchev–Trinajstić information content (AvgIpc) is 3.64. The number of halogens is 3. The minimum atomic E-state index is -3.33. The van der Waals surface area contributed by atoms with E-state index >= 15 is 4.39 Å². The third-order valence-electron chi connectivity index (χ3n) is 5.76. The summed E-state index contributed by atoms with van der Waals surface area (Å²) in [7, 11) is 1.55. The van der Waals surface area contributed by atoms with Crippen LogP contribution < -0.4 is 10.1 Å². The lowest BCUT2D eigenvalue weighted by molar-refractivity contribution is 0.0134. The number of ether oxygens (including phenoxy) is 2. The number of alkyl halides is 2. The van der Waals surface area contributed by atoms with E-state index in [9.17, 15) is 14.0 Å². The molecule has 1 aliphatic carbocycles. The maximum atomic E-state index is 15.2. The van der Waals surface area contributed by atoms with Gasteiger partial charge in [0.25, 0.3) is 5.92 Å². The molecule has 0 spiro atoms. The maximum Gasteiger partial charge on any atom is 0.273 e. The molecule has 0 saturated heterocycles. The van der Waals surface area contributed by atoms with Gasteiger partial charge in [0.1, 0.15) is 30.1 Å². The summed E-state index contributed by atoms with van der Waals surface area (Å²) in [6, 6.07) is 9.30. The highest BCUT2D eigenvalue weighted by atomic mass is 19.3. The molecule has 1 N–H and O–H groups in total. The fourth-order valence-corrected chi connectivity index (χ4v) is 3.77. The Balaban J connectivity index is 1.96. The molecule has 9 heteroatoms. The predicted molar refractivity (Wildman–Crippen MR) is 134 cm³/mol. The second kappa shape index (κ2) is 11.1. The van der Waals surface area contributed by atoms with Gasteiger partial charge in [-0.1, -0.05) is 18.2 Å². The number of hydrogen-bond donors (Lipinski definition) is 1. The van der Waals surface area contributed by atoms with E-state index in [-0.39, 0.29) is 18.3 Å². The van der Waals surface area contributed by atoms with Crippen molar-refractivity contribution in [3.05, 3.63) is 58.4 Å². The normalized spacial score (nSPS) is 14.7. The summed E-state index contributed by atoms with van der Waals surface area (Å²) >= 11 is 0. The van der Waals surface area contributed by atoms with Gasteiger partial charge in [-0.2, -0.15) is 5.26 Å². The molecule has 1 saturated carbocycles. The smallest absolute Gasteiger partial charge is 0.273 e. The summed E-state index contributed by atoms with van der Waals surface area (Å²) in [5.41, 5.74) is -0.481. The van der Waals surface area contributed by atoms with E-state index in [4.69, 9.17) is 9.47 Å². The van der Waals surface area contributed by atoms with Crippen LogP contribution in [0, 0.1) is 17.1 Å². The summed E-state index contributed by atoms with van der Waals surface area (Å²) in [4.78, 5) is 8.70. The van der Waals surface area contributed by atoms with E-state index in [0.29, 0.717) is 41.9 Å². The van der Waals surface area contributed by atoms with Gasteiger partial charge in [-0.15, -0.1) is 0 Å². The molecule has 0 aromatic heterocycles. The molecule has 192 valence electrons. The van der Waals surface area contributed by atoms with E-state index in [0.717, 1.165) is 18.9 Å². The van der Waals surface area contributed by atoms with Crippen molar-refractivity contribution in [1.29, 1.82) is 5.26 Å². The summed E-state index contributed by atoms with van der Waals surface area (Å²) < 4.78 is 54.5. The molecule has 0 atom stereocenters. The van der Waals surface area contributed by atoms with Crippen molar-refractivity contribution in [2.24, 2.45) is 9.98 Å². The molecule has 2 aromatic rings. The van der Waals surface area contributed by atoms with Crippen LogP contribution in [0.15, 0.2) is 40.3 Å². The van der Waals surface area contributed by atoms with Crippen LogP contribution in [0.1, 0.15) is 62.8 Å². The quantitative estimate of drug-likeness (QED) is 0.247. The minimum Gasteiger partial charge on any atom is -0.490 e. The van der Waals surface area contributed by atoms with Gasteiger partial charge in [0.15, 0.2) is 0 Å². The second-order valence-corrected chi connectivity index (χ2v) is 9.16. The number of rotatable bonds is 10. The lowest BCUT2D eigenvalue weighted by atomic mass is 9.90. The Morgan fingerprint density at radius 3 is 2.47 bits per heavy atom. The summed E-state index contributed by atoms with van der Waals surface area (Å²) in [6.07, 6.45) is 3.97. The Bertz CT molecular complexity index is 1190. The van der Waals surface area contributed by atoms with Crippen LogP contribution in [-0.2, 0) is 16.2 Å². The third-order valence-corrected chi connectivity index (χ3v) is 5.76. The molecule has 1 fully saturated rings. The molecule has 0 amide bonds. The van der Waals surface area contributed by atoms with Crippen molar-refractivity contribution in [3.8, 4) is 11.8 Å². The van der Waals surface area contributed by atoms with Gasteiger partial charge in [-0.05, 0) is 45.7 Å². The van der Waals surface area contributed by atoms with E-state index in [1.54, 1.807) is 46.2 Å². The first-order valence-electron chi connectivity index (χ1n) is 11.8. The molecule has 3 rings (SSSR count). The Labute approximate surface area is 209 Å². The van der Waals surface area contributed by atoms with Gasteiger partial charge >= 0.3 is 0 Å². The van der Waals surface area contributed by atoms with Crippen molar-refractivity contribution in [2.45, 2.75) is 58.1 Å². The van der Waals surface area contributed by atoms with Gasteiger partial charge in [-0.3, -0.25) is 9.98 Å². The first-order chi connectivity index (χ1) is 17.0. The van der Waals surface area contributed by atoms with E-state index in [1.807, 2.05) is 0 Å². The fourth-order valence-electron chi connectivity index (χ4n) is 3.77. The molecular weight excluding hydrogens is 469 g/mol. The minimum absolute atomic E-state index is 0.0607. The first-order valence-corrected chi connectivity index (χ1v) is 11.8. The number of nitriles is 1. The van der Waals surface area contributed by atoms with Crippen LogP contribution in [0.25, 0.3) is 0 Å². The second-order valence-electron chi connectivity index (χ2n) is 9.16. The van der Waals surface area contributed by atoms with E-state index < -0.39 is 22.8 Å². The van der Waals surface area contributed by atoms with Crippen molar-refractivity contribution in [2.75, 3.05) is 20.3 Å². The van der Waals surface area contributed by atoms with Crippen LogP contribution in [0.3, 0.4) is 0 Å². The summed E-state index contributed by atoms with van der Waals surface area (Å²) in [5.74, 6) is -3.65. The number of nitrogens with zero attached hydrogens (tertiary/aromatic N) is 3. The van der Waals surface area contributed by atoms with Crippen molar-refractivity contribution in [3.63, 3.8) is 0 Å². The van der Waals surface area contributed by atoms with E-state index in [1.165, 1.54) is 12.1 Å². The van der Waals surface area contributed by atoms with Crippen molar-refractivity contribution >= 4 is 17.7 Å². The largest absolute Gasteiger partial charge is 0.490 e. The number of hydrogen-bond acceptors (Lipinski definition) is 5. The Morgan fingerprint density at radius 2 is 1.89 bits per heavy atom. The lowest BCUT2D eigenvalue weighted by Gasteiger charge is -2.31. The fraction of sp³-hybridized carbons (Fsp3) is 0.444. The van der Waals surface area contributed by atoms with Gasteiger partial charge in [-0.25, -0.2) is 13.2 Å². The van der Waals surface area contributed by atoms with Crippen molar-refractivity contribution < 1.29 is 22.6 Å². The van der Waals surface area contributed by atoms with Crippen LogP contribution in [0.4, 0.5) is 18.9 Å².